The van der Waals surface area contributed by atoms with Crippen molar-refractivity contribution < 1.29 is 4.79 Å². The molecule has 0 saturated carbocycles. The minimum absolute atomic E-state index is 0.0157. The molecule has 0 aromatic heterocycles. The van der Waals surface area contributed by atoms with Gasteiger partial charge in [-0.1, -0.05) is 15.9 Å². The van der Waals surface area contributed by atoms with E-state index in [0.29, 0.717) is 5.56 Å². The van der Waals surface area contributed by atoms with Crippen molar-refractivity contribution in [2.24, 2.45) is 0 Å². The van der Waals surface area contributed by atoms with Gasteiger partial charge in [0.25, 0.3) is 5.91 Å². The number of rotatable bonds is 2. The van der Waals surface area contributed by atoms with Crippen LogP contribution in [0.4, 0.5) is 0 Å². The molecule has 1 atom stereocenters. The van der Waals surface area contributed by atoms with Gasteiger partial charge in [0, 0.05) is 21.5 Å². The van der Waals surface area contributed by atoms with E-state index < -0.39 is 0 Å². The number of hydrogen-bond acceptors (Lipinski definition) is 2. The Morgan fingerprint density at radius 1 is 1.41 bits per heavy atom. The third kappa shape index (κ3) is 3.53. The predicted molar refractivity (Wildman–Crippen MR) is 75.2 cm³/mol. The lowest BCUT2D eigenvalue weighted by molar-refractivity contribution is 0.0930. The first-order valence-electron chi connectivity index (χ1n) is 5.63. The number of carbonyl (C=O) groups is 1. The Balaban J connectivity index is 2.03. The third-order valence-electron chi connectivity index (χ3n) is 2.81. The van der Waals surface area contributed by atoms with Crippen LogP contribution in [0.25, 0.3) is 0 Å². The number of nitrogens with one attached hydrogen (secondary N) is 2. The summed E-state index contributed by atoms with van der Waals surface area (Å²) in [7, 11) is 0. The van der Waals surface area contributed by atoms with Crippen LogP contribution in [0.5, 0.6) is 0 Å². The topological polar surface area (TPSA) is 41.1 Å². The maximum absolute atomic E-state index is 12.1. The zero-order chi connectivity index (χ0) is 12.3. The second-order valence-corrected chi connectivity index (χ2v) is 5.91. The molecule has 2 rings (SSSR count). The van der Waals surface area contributed by atoms with Crippen LogP contribution in [0.1, 0.15) is 23.2 Å². The minimum atomic E-state index is -0.0157. The van der Waals surface area contributed by atoms with Gasteiger partial charge >= 0.3 is 0 Å². The summed E-state index contributed by atoms with van der Waals surface area (Å²) in [5, 5.41) is 6.33. The molecule has 1 fully saturated rings. The maximum atomic E-state index is 12.1. The van der Waals surface area contributed by atoms with Gasteiger partial charge in [-0.05, 0) is 53.5 Å². The van der Waals surface area contributed by atoms with Crippen molar-refractivity contribution >= 4 is 37.8 Å². The average molecular weight is 362 g/mol. The Hall–Kier alpha value is -0.390. The van der Waals surface area contributed by atoms with Gasteiger partial charge in [0.2, 0.25) is 0 Å². The molecule has 2 N–H and O–H groups in total. The molecule has 1 heterocycles. The van der Waals surface area contributed by atoms with Crippen LogP contribution in [0.15, 0.2) is 27.1 Å². The second kappa shape index (κ2) is 5.98. The van der Waals surface area contributed by atoms with Crippen molar-refractivity contribution in [3.05, 3.63) is 32.7 Å². The maximum Gasteiger partial charge on any atom is 0.252 e. The van der Waals surface area contributed by atoms with Gasteiger partial charge in [-0.25, -0.2) is 0 Å². The summed E-state index contributed by atoms with van der Waals surface area (Å²) in [5.41, 5.74) is 0.679. The van der Waals surface area contributed by atoms with Crippen LogP contribution < -0.4 is 10.6 Å². The Bertz CT molecular complexity index is 417. The van der Waals surface area contributed by atoms with Gasteiger partial charge in [0.05, 0.1) is 5.56 Å². The second-order valence-electron chi connectivity index (χ2n) is 4.14. The summed E-state index contributed by atoms with van der Waals surface area (Å²) in [4.78, 5) is 12.1. The fourth-order valence-corrected chi connectivity index (χ4v) is 3.14. The fourth-order valence-electron chi connectivity index (χ4n) is 1.91. The molecule has 1 amide bonds. The molecule has 1 aromatic rings. The van der Waals surface area contributed by atoms with Gasteiger partial charge in [-0.2, -0.15) is 0 Å². The summed E-state index contributed by atoms with van der Waals surface area (Å²) < 4.78 is 1.77. The predicted octanol–water partition coefficient (Wildman–Crippen LogP) is 2.69. The lowest BCUT2D eigenvalue weighted by Crippen LogP contribution is -2.45. The van der Waals surface area contributed by atoms with E-state index in [-0.39, 0.29) is 11.9 Å². The lowest BCUT2D eigenvalue weighted by Gasteiger charge is -2.24. The summed E-state index contributed by atoms with van der Waals surface area (Å²) in [5.74, 6) is -0.0157. The summed E-state index contributed by atoms with van der Waals surface area (Å²) in [6, 6.07) is 5.82. The number of benzene rings is 1. The van der Waals surface area contributed by atoms with Crippen LogP contribution in [-0.4, -0.2) is 25.0 Å². The Labute approximate surface area is 118 Å². The lowest BCUT2D eigenvalue weighted by atomic mass is 10.1. The van der Waals surface area contributed by atoms with Crippen LogP contribution in [0, 0.1) is 0 Å². The molecule has 17 heavy (non-hydrogen) atoms. The molecule has 1 aromatic carbocycles. The number of halogens is 2. The number of carbonyl (C=O) groups excluding carboxylic acids is 1. The van der Waals surface area contributed by atoms with E-state index in [0.717, 1.165) is 34.9 Å². The van der Waals surface area contributed by atoms with Crippen molar-refractivity contribution in [2.75, 3.05) is 13.1 Å². The van der Waals surface area contributed by atoms with E-state index in [4.69, 9.17) is 0 Å². The molecule has 0 bridgehead atoms. The minimum Gasteiger partial charge on any atom is -0.348 e. The van der Waals surface area contributed by atoms with E-state index in [9.17, 15) is 4.79 Å². The first-order chi connectivity index (χ1) is 8.16. The molecule has 0 radical (unpaired) electrons. The molecular formula is C12H14Br2N2O. The first kappa shape index (κ1) is 13.1. The highest BCUT2D eigenvalue weighted by molar-refractivity contribution is 9.11. The average Bonchev–Trinajstić information content (AvgIpc) is 2.30. The first-order valence-corrected chi connectivity index (χ1v) is 7.22. The molecule has 0 aliphatic carbocycles. The van der Waals surface area contributed by atoms with E-state index in [1.807, 2.05) is 18.2 Å². The molecule has 0 unspecified atom stereocenters. The molecule has 1 aliphatic heterocycles. The van der Waals surface area contributed by atoms with Crippen LogP contribution in [-0.2, 0) is 0 Å². The molecule has 92 valence electrons. The Morgan fingerprint density at radius 3 is 2.88 bits per heavy atom. The highest BCUT2D eigenvalue weighted by atomic mass is 79.9. The van der Waals surface area contributed by atoms with Crippen LogP contribution in [0.2, 0.25) is 0 Å². The molecule has 1 saturated heterocycles. The van der Waals surface area contributed by atoms with Gasteiger partial charge in [0.15, 0.2) is 0 Å². The quantitative estimate of drug-likeness (QED) is 0.850. The van der Waals surface area contributed by atoms with E-state index >= 15 is 0 Å². The highest BCUT2D eigenvalue weighted by Gasteiger charge is 2.17. The van der Waals surface area contributed by atoms with E-state index in [1.165, 1.54) is 0 Å². The van der Waals surface area contributed by atoms with E-state index in [1.54, 1.807) is 0 Å². The van der Waals surface area contributed by atoms with Crippen molar-refractivity contribution in [1.29, 1.82) is 0 Å². The summed E-state index contributed by atoms with van der Waals surface area (Å²) in [6.45, 7) is 1.91. The van der Waals surface area contributed by atoms with Crippen molar-refractivity contribution in [2.45, 2.75) is 18.9 Å². The van der Waals surface area contributed by atoms with Crippen LogP contribution >= 0.6 is 31.9 Å². The SMILES string of the molecule is O=C(N[C@@H]1CCCNC1)c1ccc(Br)cc1Br. The Morgan fingerprint density at radius 2 is 2.24 bits per heavy atom. The van der Waals surface area contributed by atoms with E-state index in [2.05, 4.69) is 42.5 Å². The standard InChI is InChI=1S/C12H14Br2N2O/c13-8-3-4-10(11(14)6-8)12(17)16-9-2-1-5-15-7-9/h3-4,6,9,15H,1-2,5,7H2,(H,16,17)/t9-/m1/s1. The summed E-state index contributed by atoms with van der Waals surface area (Å²) >= 11 is 6.78. The van der Waals surface area contributed by atoms with Crippen LogP contribution in [0.3, 0.4) is 0 Å². The number of amides is 1. The molecule has 3 nitrogen and oxygen atoms in total. The smallest absolute Gasteiger partial charge is 0.252 e. The largest absolute Gasteiger partial charge is 0.348 e. The third-order valence-corrected chi connectivity index (χ3v) is 3.96. The molecular weight excluding hydrogens is 348 g/mol. The van der Waals surface area contributed by atoms with Gasteiger partial charge < -0.3 is 10.6 Å². The molecule has 1 aliphatic rings. The van der Waals surface area contributed by atoms with Crippen molar-refractivity contribution in [3.8, 4) is 0 Å². The molecule has 0 spiro atoms. The monoisotopic (exact) mass is 360 g/mol. The number of piperidine rings is 1. The summed E-state index contributed by atoms with van der Waals surface area (Å²) in [6.07, 6.45) is 2.17. The van der Waals surface area contributed by atoms with Gasteiger partial charge in [-0.3, -0.25) is 4.79 Å². The van der Waals surface area contributed by atoms with Crippen molar-refractivity contribution in [3.63, 3.8) is 0 Å². The zero-order valence-electron chi connectivity index (χ0n) is 9.30. The molecule has 5 heteroatoms. The zero-order valence-corrected chi connectivity index (χ0v) is 12.5. The normalized spacial score (nSPS) is 20.0. The number of hydrogen-bond donors (Lipinski definition) is 2. The highest BCUT2D eigenvalue weighted by Crippen LogP contribution is 2.22. The fraction of sp³-hybridized carbons (Fsp3) is 0.417. The van der Waals surface area contributed by atoms with Gasteiger partial charge in [0.1, 0.15) is 0 Å². The Kier molecular flexibility index (Phi) is 4.59. The van der Waals surface area contributed by atoms with Gasteiger partial charge in [-0.15, -0.1) is 0 Å². The van der Waals surface area contributed by atoms with Crippen molar-refractivity contribution in [1.82, 2.24) is 10.6 Å².